The number of H-pyrrole nitrogens is 1. The normalized spacial score (nSPS) is 17.5. The first-order valence-corrected chi connectivity index (χ1v) is 14.0. The van der Waals surface area contributed by atoms with Crippen molar-refractivity contribution in [2.45, 2.75) is 39.2 Å². The van der Waals surface area contributed by atoms with Crippen molar-refractivity contribution in [1.82, 2.24) is 49.4 Å². The predicted molar refractivity (Wildman–Crippen MR) is 153 cm³/mol. The molecule has 1 unspecified atom stereocenters. The van der Waals surface area contributed by atoms with Crippen LogP contribution < -0.4 is 10.2 Å². The highest BCUT2D eigenvalue weighted by atomic mass is 19.1. The van der Waals surface area contributed by atoms with Crippen molar-refractivity contribution < 1.29 is 9.18 Å². The minimum atomic E-state index is -0.418. The first-order chi connectivity index (χ1) is 20.3. The van der Waals surface area contributed by atoms with Crippen LogP contribution in [0.5, 0.6) is 0 Å². The van der Waals surface area contributed by atoms with Crippen LogP contribution in [0.2, 0.25) is 0 Å². The lowest BCUT2D eigenvalue weighted by atomic mass is 9.77. The van der Waals surface area contributed by atoms with Gasteiger partial charge in [0, 0.05) is 44.6 Å². The summed E-state index contributed by atoms with van der Waals surface area (Å²) in [7, 11) is 1.91. The summed E-state index contributed by atoms with van der Waals surface area (Å²) >= 11 is 0. The maximum absolute atomic E-state index is 13.8. The lowest BCUT2D eigenvalue weighted by Crippen LogP contribution is -2.45. The molecule has 5 aromatic heterocycles. The van der Waals surface area contributed by atoms with E-state index in [2.05, 4.69) is 35.5 Å². The maximum Gasteiger partial charge on any atom is 0.229 e. The van der Waals surface area contributed by atoms with Gasteiger partial charge >= 0.3 is 0 Å². The second kappa shape index (κ2) is 9.89. The highest BCUT2D eigenvalue weighted by Gasteiger charge is 2.49. The number of carbonyl (C=O) groups is 1. The summed E-state index contributed by atoms with van der Waals surface area (Å²) in [5.74, 6) is 2.15. The summed E-state index contributed by atoms with van der Waals surface area (Å²) in [5.41, 5.74) is 2.87. The second-order valence-electron chi connectivity index (χ2n) is 11.2. The van der Waals surface area contributed by atoms with E-state index in [4.69, 9.17) is 9.97 Å². The Labute approximate surface area is 240 Å². The molecule has 5 aromatic rings. The topological polar surface area (TPSA) is 139 Å². The number of aryl methyl sites for hydroxylation is 2. The molecule has 14 heteroatoms. The number of hydrogen-bond acceptors (Lipinski definition) is 9. The molecule has 2 fully saturated rings. The largest absolute Gasteiger partial charge is 0.341 e. The Kier molecular flexibility index (Phi) is 6.13. The lowest BCUT2D eigenvalue weighted by Gasteiger charge is -2.38. The summed E-state index contributed by atoms with van der Waals surface area (Å²) in [4.78, 5) is 36.6. The lowest BCUT2D eigenvalue weighted by molar-refractivity contribution is -0.138. The zero-order chi connectivity index (χ0) is 29.0. The molecule has 42 heavy (non-hydrogen) atoms. The van der Waals surface area contributed by atoms with Gasteiger partial charge in [0.1, 0.15) is 0 Å². The number of hydrogen-bond donors (Lipinski definition) is 2. The number of amides is 1. The first kappa shape index (κ1) is 26.0. The van der Waals surface area contributed by atoms with Crippen molar-refractivity contribution in [2.75, 3.05) is 29.9 Å². The number of anilines is 3. The Morgan fingerprint density at radius 2 is 1.90 bits per heavy atom. The summed E-state index contributed by atoms with van der Waals surface area (Å²) in [6.45, 7) is 6.02. The van der Waals surface area contributed by atoms with Crippen molar-refractivity contribution in [2.24, 2.45) is 12.5 Å². The zero-order valence-electron chi connectivity index (χ0n) is 23.6. The molecular formula is C28H31FN12O. The third-order valence-electron chi connectivity index (χ3n) is 8.56. The van der Waals surface area contributed by atoms with Crippen LogP contribution in [0.25, 0.3) is 17.0 Å². The summed E-state index contributed by atoms with van der Waals surface area (Å²) in [5, 5.41) is 14.5. The van der Waals surface area contributed by atoms with E-state index in [9.17, 15) is 9.18 Å². The summed E-state index contributed by atoms with van der Waals surface area (Å²) in [6.07, 6.45) is 8.16. The molecule has 2 aliphatic heterocycles. The highest BCUT2D eigenvalue weighted by Crippen LogP contribution is 2.44. The number of rotatable bonds is 6. The summed E-state index contributed by atoms with van der Waals surface area (Å²) < 4.78 is 16.6. The van der Waals surface area contributed by atoms with Crippen LogP contribution in [-0.2, 0) is 11.8 Å². The number of likely N-dealkylation sites (tertiary alicyclic amines) is 1. The molecule has 0 aliphatic carbocycles. The molecule has 0 saturated carbocycles. The average Bonchev–Trinajstić information content (AvgIpc) is 3.78. The van der Waals surface area contributed by atoms with Gasteiger partial charge in [0.25, 0.3) is 0 Å². The van der Waals surface area contributed by atoms with E-state index in [0.29, 0.717) is 48.6 Å². The van der Waals surface area contributed by atoms with Gasteiger partial charge in [-0.3, -0.25) is 9.89 Å². The van der Waals surface area contributed by atoms with Crippen LogP contribution >= 0.6 is 0 Å². The SMILES string of the molecule is Cc1cc(Nc2nc(N3CCC4(CC3)CCN(C(C)c3ccc(-n5cc(F)cn5)nc3)C4=O)nc3c2ncn3C)n[nH]1. The Morgan fingerprint density at radius 3 is 2.60 bits per heavy atom. The van der Waals surface area contributed by atoms with Gasteiger partial charge in [0.2, 0.25) is 11.9 Å². The van der Waals surface area contributed by atoms with Crippen LogP contribution in [0.4, 0.5) is 22.0 Å². The minimum absolute atomic E-state index is 0.124. The van der Waals surface area contributed by atoms with Crippen LogP contribution in [0.1, 0.15) is 43.5 Å². The Balaban J connectivity index is 1.06. The number of imidazole rings is 1. The Morgan fingerprint density at radius 1 is 1.10 bits per heavy atom. The monoisotopic (exact) mass is 570 g/mol. The molecule has 2 aliphatic rings. The van der Waals surface area contributed by atoms with E-state index in [1.165, 1.54) is 10.9 Å². The van der Waals surface area contributed by atoms with E-state index in [1.54, 1.807) is 18.6 Å². The van der Waals surface area contributed by atoms with Crippen molar-refractivity contribution in [1.29, 1.82) is 0 Å². The van der Waals surface area contributed by atoms with Crippen LogP contribution in [-0.4, -0.2) is 74.9 Å². The fourth-order valence-corrected chi connectivity index (χ4v) is 6.03. The van der Waals surface area contributed by atoms with Crippen LogP contribution in [0, 0.1) is 18.2 Å². The van der Waals surface area contributed by atoms with E-state index < -0.39 is 11.2 Å². The number of pyridine rings is 1. The summed E-state index contributed by atoms with van der Waals surface area (Å²) in [6, 6.07) is 5.50. The molecule has 7 heterocycles. The van der Waals surface area contributed by atoms with Gasteiger partial charge in [-0.25, -0.2) is 19.0 Å². The molecular weight excluding hydrogens is 539 g/mol. The van der Waals surface area contributed by atoms with E-state index in [1.807, 2.05) is 42.5 Å². The maximum atomic E-state index is 13.8. The van der Waals surface area contributed by atoms with E-state index in [-0.39, 0.29) is 11.9 Å². The number of carbonyl (C=O) groups excluding carboxylic acids is 1. The van der Waals surface area contributed by atoms with E-state index in [0.717, 1.165) is 42.4 Å². The number of fused-ring (bicyclic) bond motifs is 1. The molecule has 2 saturated heterocycles. The molecule has 1 spiro atoms. The molecule has 1 amide bonds. The van der Waals surface area contributed by atoms with Gasteiger partial charge < -0.3 is 19.7 Å². The van der Waals surface area contributed by atoms with E-state index >= 15 is 0 Å². The van der Waals surface area contributed by atoms with Crippen LogP contribution in [0.3, 0.4) is 0 Å². The quantitative estimate of drug-likeness (QED) is 0.314. The first-order valence-electron chi connectivity index (χ1n) is 14.0. The standard InChI is InChI=1S/C28H31FN12O/c1-17-12-21(37-36-17)33-24-23-25(38(3)16-31-23)35-27(34-24)39-9-6-28(7-10-39)8-11-40(26(28)42)18(2)19-4-5-22(30-13-19)41-15-20(29)14-32-41/h4-5,12-16,18H,6-11H2,1-3H3,(H2,33,34,35,36,37). The molecule has 2 N–H and O–H groups in total. The Bertz CT molecular complexity index is 1770. The zero-order valence-corrected chi connectivity index (χ0v) is 23.6. The number of nitrogens with one attached hydrogen (secondary N) is 2. The fourth-order valence-electron chi connectivity index (χ4n) is 6.03. The van der Waals surface area contributed by atoms with Gasteiger partial charge in [-0.1, -0.05) is 6.07 Å². The number of halogens is 1. The van der Waals surface area contributed by atoms with Crippen LogP contribution in [0.15, 0.2) is 43.1 Å². The molecule has 216 valence electrons. The number of nitrogens with zero attached hydrogens (tertiary/aromatic N) is 10. The van der Waals surface area contributed by atoms with Crippen molar-refractivity contribution >= 4 is 34.7 Å². The van der Waals surface area contributed by atoms with Gasteiger partial charge in [-0.15, -0.1) is 0 Å². The van der Waals surface area contributed by atoms with Crippen molar-refractivity contribution in [3.8, 4) is 5.82 Å². The highest BCUT2D eigenvalue weighted by molar-refractivity contribution is 5.87. The number of piperidine rings is 1. The molecule has 1 atom stereocenters. The second-order valence-corrected chi connectivity index (χ2v) is 11.2. The number of aromatic amines is 1. The number of aromatic nitrogens is 9. The average molecular weight is 571 g/mol. The Hall–Kier alpha value is -4.88. The molecule has 13 nitrogen and oxygen atoms in total. The van der Waals surface area contributed by atoms with Crippen molar-refractivity contribution in [3.63, 3.8) is 0 Å². The molecule has 0 radical (unpaired) electrons. The third-order valence-corrected chi connectivity index (χ3v) is 8.56. The smallest absolute Gasteiger partial charge is 0.229 e. The third kappa shape index (κ3) is 4.43. The van der Waals surface area contributed by atoms with Gasteiger partial charge in [0.15, 0.2) is 34.4 Å². The fraction of sp³-hybridized carbons (Fsp3) is 0.393. The molecule has 0 aromatic carbocycles. The minimum Gasteiger partial charge on any atom is -0.341 e. The van der Waals surface area contributed by atoms with Crippen molar-refractivity contribution in [3.05, 3.63) is 60.2 Å². The van der Waals surface area contributed by atoms with Gasteiger partial charge in [-0.05, 0) is 44.7 Å². The molecule has 7 rings (SSSR count). The van der Waals surface area contributed by atoms with Gasteiger partial charge in [0.05, 0.1) is 30.2 Å². The van der Waals surface area contributed by atoms with Gasteiger partial charge in [-0.2, -0.15) is 20.2 Å². The molecule has 0 bridgehead atoms. The predicted octanol–water partition coefficient (Wildman–Crippen LogP) is 3.44.